The minimum atomic E-state index is -0.715. The van der Waals surface area contributed by atoms with Crippen LogP contribution in [0.5, 0.6) is 0 Å². The molecule has 2 aromatic rings. The molecular weight excluding hydrogens is 492 g/mol. The van der Waals surface area contributed by atoms with Crippen molar-refractivity contribution in [3.63, 3.8) is 0 Å². The molecule has 0 saturated carbocycles. The van der Waals surface area contributed by atoms with E-state index in [2.05, 4.69) is 20.6 Å². The van der Waals surface area contributed by atoms with Gasteiger partial charge in [-0.15, -0.1) is 0 Å². The number of carbonyl (C=O) groups is 3. The molecule has 0 aliphatic heterocycles. The van der Waals surface area contributed by atoms with Crippen molar-refractivity contribution in [2.75, 3.05) is 47.4 Å². The zero-order chi connectivity index (χ0) is 28.5. The van der Waals surface area contributed by atoms with Crippen molar-refractivity contribution in [3.8, 4) is 0 Å². The molecule has 208 valence electrons. The average Bonchev–Trinajstić information content (AvgIpc) is 2.79. The molecule has 0 atom stereocenters. The van der Waals surface area contributed by atoms with Crippen LogP contribution >= 0.6 is 0 Å². The van der Waals surface area contributed by atoms with Gasteiger partial charge in [0.1, 0.15) is 22.8 Å². The summed E-state index contributed by atoms with van der Waals surface area (Å²) < 4.78 is 10.9. The highest BCUT2D eigenvalue weighted by atomic mass is 16.6. The van der Waals surface area contributed by atoms with E-state index in [-0.39, 0.29) is 26.2 Å². The number of amides is 4. The summed E-state index contributed by atoms with van der Waals surface area (Å²) in [6.45, 7) is 10.9. The first-order valence-corrected chi connectivity index (χ1v) is 12.1. The molecule has 13 nitrogen and oxygen atoms in total. The van der Waals surface area contributed by atoms with Crippen molar-refractivity contribution >= 4 is 41.2 Å². The number of nitrogens with two attached hydrogens (primary N) is 2. The fourth-order valence-electron chi connectivity index (χ4n) is 2.97. The molecule has 38 heavy (non-hydrogen) atoms. The monoisotopic (exact) mass is 530 g/mol. The molecule has 0 bridgehead atoms. The maximum absolute atomic E-state index is 12.7. The quantitative estimate of drug-likeness (QED) is 0.399. The number of rotatable bonds is 8. The largest absolute Gasteiger partial charge is 0.443 e. The Balaban J connectivity index is 1.95. The molecule has 4 amide bonds. The Bertz CT molecular complexity index is 993. The molecule has 0 unspecified atom stereocenters. The van der Waals surface area contributed by atoms with Gasteiger partial charge in [-0.3, -0.25) is 9.80 Å². The van der Waals surface area contributed by atoms with Crippen LogP contribution < -0.4 is 31.9 Å². The van der Waals surface area contributed by atoms with Gasteiger partial charge in [-0.2, -0.15) is 0 Å². The van der Waals surface area contributed by atoms with E-state index in [1.807, 2.05) is 0 Å². The number of ether oxygens (including phenoxy) is 2. The van der Waals surface area contributed by atoms with E-state index in [9.17, 15) is 14.4 Å². The van der Waals surface area contributed by atoms with Gasteiger partial charge in [-0.05, 0) is 65.8 Å². The first kappa shape index (κ1) is 29.9. The maximum Gasteiger partial charge on any atom is 0.416 e. The predicted molar refractivity (Wildman–Crippen MR) is 146 cm³/mol. The third-order valence-electron chi connectivity index (χ3n) is 4.56. The second-order valence-corrected chi connectivity index (χ2v) is 10.3. The zero-order valence-corrected chi connectivity index (χ0v) is 22.8. The molecule has 0 aliphatic rings. The number of carbonyl (C=O) groups excluding carboxylic acids is 3. The number of nitrogen functional groups attached to an aromatic ring is 2. The fraction of sp³-hybridized carbons (Fsp3) is 0.480. The van der Waals surface area contributed by atoms with E-state index < -0.39 is 29.4 Å². The molecule has 0 fully saturated rings. The molecule has 0 aliphatic carbocycles. The topological polar surface area (TPSA) is 178 Å². The molecule has 0 aromatic carbocycles. The fourth-order valence-corrected chi connectivity index (χ4v) is 2.97. The summed E-state index contributed by atoms with van der Waals surface area (Å²) in [4.78, 5) is 48.8. The lowest BCUT2D eigenvalue weighted by molar-refractivity contribution is 0.0569. The van der Waals surface area contributed by atoms with Crippen molar-refractivity contribution in [2.45, 2.75) is 52.7 Å². The number of pyridine rings is 2. The van der Waals surface area contributed by atoms with E-state index in [0.29, 0.717) is 23.0 Å². The van der Waals surface area contributed by atoms with Crippen molar-refractivity contribution < 1.29 is 23.9 Å². The van der Waals surface area contributed by atoms with E-state index in [0.717, 1.165) is 0 Å². The summed E-state index contributed by atoms with van der Waals surface area (Å²) in [6, 6.07) is 5.93. The molecule has 13 heteroatoms. The van der Waals surface area contributed by atoms with Crippen molar-refractivity contribution in [1.82, 2.24) is 20.6 Å². The number of nitrogens with one attached hydrogen (secondary N) is 2. The Morgan fingerprint density at radius 2 is 1.11 bits per heavy atom. The standard InChI is InChI=1S/C25H38N8O5/c1-24(2,3)37-22(35)32(19-9-7-17(26)15-30-19)13-11-28-21(34)29-12-14-33(23(36)38-25(4,5)6)20-10-8-18(27)16-31-20/h7-10,15-16H,11-14,26-27H2,1-6H3,(H2,28,29,34). The number of anilines is 4. The summed E-state index contributed by atoms with van der Waals surface area (Å²) in [5.74, 6) is 0.666. The van der Waals surface area contributed by atoms with E-state index in [1.54, 1.807) is 65.8 Å². The van der Waals surface area contributed by atoms with Crippen LogP contribution in [0, 0.1) is 0 Å². The number of urea groups is 1. The van der Waals surface area contributed by atoms with Crippen LogP contribution in [0.1, 0.15) is 41.5 Å². The van der Waals surface area contributed by atoms with Crippen molar-refractivity contribution in [2.24, 2.45) is 0 Å². The van der Waals surface area contributed by atoms with Crippen LogP contribution in [0.2, 0.25) is 0 Å². The van der Waals surface area contributed by atoms with E-state index in [4.69, 9.17) is 20.9 Å². The van der Waals surface area contributed by atoms with Crippen LogP contribution in [-0.2, 0) is 9.47 Å². The second kappa shape index (κ2) is 12.8. The van der Waals surface area contributed by atoms with Crippen LogP contribution in [0.25, 0.3) is 0 Å². The normalized spacial score (nSPS) is 11.3. The third-order valence-corrected chi connectivity index (χ3v) is 4.56. The smallest absolute Gasteiger partial charge is 0.416 e. The SMILES string of the molecule is CC(C)(C)OC(=O)N(CCNC(=O)NCCN(C(=O)OC(C)(C)C)c1ccc(N)cn1)c1ccc(N)cn1. The average molecular weight is 531 g/mol. The molecule has 2 heterocycles. The Kier molecular flexibility index (Phi) is 10.1. The minimum absolute atomic E-state index is 0.0959. The van der Waals surface area contributed by atoms with Crippen LogP contribution in [0.4, 0.5) is 37.4 Å². The summed E-state index contributed by atoms with van der Waals surface area (Å²) in [6.07, 6.45) is 1.64. The van der Waals surface area contributed by atoms with Gasteiger partial charge >= 0.3 is 18.2 Å². The lowest BCUT2D eigenvalue weighted by atomic mass is 10.2. The van der Waals surface area contributed by atoms with Crippen molar-refractivity contribution in [3.05, 3.63) is 36.7 Å². The Morgan fingerprint density at radius 1 is 0.737 bits per heavy atom. The van der Waals surface area contributed by atoms with E-state index in [1.165, 1.54) is 22.2 Å². The van der Waals surface area contributed by atoms with Crippen LogP contribution in [0.3, 0.4) is 0 Å². The number of aromatic nitrogens is 2. The summed E-state index contributed by atoms with van der Waals surface area (Å²) >= 11 is 0. The molecule has 0 saturated heterocycles. The maximum atomic E-state index is 12.7. The first-order chi connectivity index (χ1) is 17.6. The van der Waals surface area contributed by atoms with Crippen LogP contribution in [0.15, 0.2) is 36.7 Å². The summed E-state index contributed by atoms with van der Waals surface area (Å²) in [5.41, 5.74) is 10.9. The van der Waals surface area contributed by atoms with Gasteiger partial charge in [0.25, 0.3) is 0 Å². The van der Waals surface area contributed by atoms with Gasteiger partial charge in [-0.1, -0.05) is 0 Å². The highest BCUT2D eigenvalue weighted by molar-refractivity contribution is 5.87. The minimum Gasteiger partial charge on any atom is -0.443 e. The second-order valence-electron chi connectivity index (χ2n) is 10.3. The van der Waals surface area contributed by atoms with Gasteiger partial charge in [0.05, 0.1) is 23.8 Å². The predicted octanol–water partition coefficient (Wildman–Crippen LogP) is 3.12. The van der Waals surface area contributed by atoms with Crippen molar-refractivity contribution in [1.29, 1.82) is 0 Å². The van der Waals surface area contributed by atoms with Gasteiger partial charge in [0.15, 0.2) is 0 Å². The molecule has 2 aromatic heterocycles. The molecule has 0 radical (unpaired) electrons. The third kappa shape index (κ3) is 10.4. The summed E-state index contributed by atoms with van der Waals surface area (Å²) in [7, 11) is 0. The summed E-state index contributed by atoms with van der Waals surface area (Å²) in [5, 5.41) is 5.36. The Hall–Kier alpha value is -4.29. The lowest BCUT2D eigenvalue weighted by Gasteiger charge is -2.27. The zero-order valence-electron chi connectivity index (χ0n) is 22.8. The number of hydrogen-bond acceptors (Lipinski definition) is 9. The van der Waals surface area contributed by atoms with Gasteiger partial charge in [-0.25, -0.2) is 24.4 Å². The molecule has 2 rings (SSSR count). The molecule has 6 N–H and O–H groups in total. The number of nitrogens with zero attached hydrogens (tertiary/aromatic N) is 4. The Labute approximate surface area is 222 Å². The highest BCUT2D eigenvalue weighted by Crippen LogP contribution is 2.18. The van der Waals surface area contributed by atoms with Gasteiger partial charge < -0.3 is 31.6 Å². The molecular formula is C25H38N8O5. The van der Waals surface area contributed by atoms with Gasteiger partial charge in [0, 0.05) is 26.2 Å². The van der Waals surface area contributed by atoms with E-state index >= 15 is 0 Å². The Morgan fingerprint density at radius 3 is 1.39 bits per heavy atom. The highest BCUT2D eigenvalue weighted by Gasteiger charge is 2.25. The van der Waals surface area contributed by atoms with Gasteiger partial charge in [0.2, 0.25) is 0 Å². The lowest BCUT2D eigenvalue weighted by Crippen LogP contribution is -2.46. The molecule has 0 spiro atoms. The first-order valence-electron chi connectivity index (χ1n) is 12.1. The van der Waals surface area contributed by atoms with Crippen LogP contribution in [-0.4, -0.2) is 65.6 Å². The number of hydrogen-bond donors (Lipinski definition) is 4.